The van der Waals surface area contributed by atoms with Crippen LogP contribution in [-0.4, -0.2) is 4.98 Å². The molecule has 2 aromatic heterocycles. The van der Waals surface area contributed by atoms with Crippen LogP contribution in [0.15, 0.2) is 39.8 Å². The molecule has 0 aliphatic rings. The highest BCUT2D eigenvalue weighted by Gasteiger charge is 2.01. The number of hydrogen-bond donors (Lipinski definition) is 0. The van der Waals surface area contributed by atoms with Crippen LogP contribution in [-0.2, 0) is 0 Å². The van der Waals surface area contributed by atoms with Crippen LogP contribution < -0.4 is 0 Å². The fraction of sp³-hybridized carbons (Fsp3) is 0. The molecular formula is C9H6BrNS. The van der Waals surface area contributed by atoms with Crippen molar-refractivity contribution in [2.75, 3.05) is 0 Å². The highest BCUT2D eigenvalue weighted by molar-refractivity contribution is 9.10. The van der Waals surface area contributed by atoms with E-state index in [9.17, 15) is 0 Å². The Balaban J connectivity index is 2.55. The lowest BCUT2D eigenvalue weighted by molar-refractivity contribution is 1.31. The molecule has 12 heavy (non-hydrogen) atoms. The van der Waals surface area contributed by atoms with E-state index in [1.54, 1.807) is 17.5 Å². The summed E-state index contributed by atoms with van der Waals surface area (Å²) in [6, 6.07) is 4.11. The van der Waals surface area contributed by atoms with Gasteiger partial charge in [-0.15, -0.1) is 0 Å². The number of hydrogen-bond acceptors (Lipinski definition) is 2. The molecule has 0 radical (unpaired) electrons. The van der Waals surface area contributed by atoms with Gasteiger partial charge in [0.05, 0.1) is 0 Å². The normalized spacial score (nSPS) is 10.1. The van der Waals surface area contributed by atoms with Gasteiger partial charge in [0.2, 0.25) is 0 Å². The molecule has 0 amide bonds. The van der Waals surface area contributed by atoms with Gasteiger partial charge in [0.25, 0.3) is 0 Å². The van der Waals surface area contributed by atoms with Crippen molar-refractivity contribution in [1.82, 2.24) is 4.98 Å². The molecule has 0 spiro atoms. The van der Waals surface area contributed by atoms with Crippen LogP contribution in [0.5, 0.6) is 0 Å². The van der Waals surface area contributed by atoms with E-state index in [1.165, 1.54) is 11.1 Å². The van der Waals surface area contributed by atoms with E-state index in [2.05, 4.69) is 37.7 Å². The lowest BCUT2D eigenvalue weighted by atomic mass is 10.1. The molecular weight excluding hydrogens is 234 g/mol. The van der Waals surface area contributed by atoms with E-state index >= 15 is 0 Å². The van der Waals surface area contributed by atoms with E-state index < -0.39 is 0 Å². The molecule has 2 rings (SSSR count). The zero-order chi connectivity index (χ0) is 8.39. The average Bonchev–Trinajstić information content (AvgIpc) is 2.57. The Labute approximate surface area is 83.2 Å². The molecule has 0 aliphatic heterocycles. The van der Waals surface area contributed by atoms with Gasteiger partial charge in [-0.25, -0.2) is 0 Å². The highest BCUT2D eigenvalue weighted by Crippen LogP contribution is 2.28. The molecule has 2 aromatic rings. The third-order valence-electron chi connectivity index (χ3n) is 1.60. The first-order chi connectivity index (χ1) is 5.88. The van der Waals surface area contributed by atoms with Gasteiger partial charge in [0.1, 0.15) is 0 Å². The summed E-state index contributed by atoms with van der Waals surface area (Å²) >= 11 is 5.16. The smallest absolute Gasteiger partial charge is 0.0437 e. The van der Waals surface area contributed by atoms with Crippen LogP contribution in [0.1, 0.15) is 0 Å². The monoisotopic (exact) mass is 239 g/mol. The molecule has 1 nitrogen and oxygen atoms in total. The summed E-state index contributed by atoms with van der Waals surface area (Å²) in [4.78, 5) is 4.01. The topological polar surface area (TPSA) is 12.9 Å². The van der Waals surface area contributed by atoms with Crippen LogP contribution in [0.3, 0.4) is 0 Å². The molecule has 0 aliphatic carbocycles. The molecule has 0 saturated heterocycles. The summed E-state index contributed by atoms with van der Waals surface area (Å²) in [5.74, 6) is 0. The van der Waals surface area contributed by atoms with Crippen molar-refractivity contribution in [3.8, 4) is 11.1 Å². The molecule has 0 N–H and O–H groups in total. The third-order valence-corrected chi connectivity index (χ3v) is 2.92. The van der Waals surface area contributed by atoms with Gasteiger partial charge in [-0.1, -0.05) is 0 Å². The van der Waals surface area contributed by atoms with Crippen LogP contribution in [0, 0.1) is 0 Å². The predicted octanol–water partition coefficient (Wildman–Crippen LogP) is 3.57. The number of halogens is 1. The Bertz CT molecular complexity index is 370. The molecule has 0 atom stereocenters. The second-order valence-corrected chi connectivity index (χ2v) is 4.00. The minimum Gasteiger partial charge on any atom is -0.264 e. The molecule has 2 heterocycles. The van der Waals surface area contributed by atoms with Gasteiger partial charge in [-0.2, -0.15) is 11.3 Å². The van der Waals surface area contributed by atoms with E-state index in [-0.39, 0.29) is 0 Å². The van der Waals surface area contributed by atoms with Crippen LogP contribution in [0.2, 0.25) is 0 Å². The van der Waals surface area contributed by atoms with Crippen molar-refractivity contribution < 1.29 is 0 Å². The standard InChI is InChI=1S/C9H6BrNS/c10-9-5-11-3-1-8(9)7-2-4-12-6-7/h1-6H. The molecule has 0 fully saturated rings. The maximum atomic E-state index is 4.01. The fourth-order valence-electron chi connectivity index (χ4n) is 1.03. The predicted molar refractivity (Wildman–Crippen MR) is 55.3 cm³/mol. The lowest BCUT2D eigenvalue weighted by Gasteiger charge is -1.98. The highest BCUT2D eigenvalue weighted by atomic mass is 79.9. The Kier molecular flexibility index (Phi) is 2.23. The largest absolute Gasteiger partial charge is 0.264 e. The maximum Gasteiger partial charge on any atom is 0.0437 e. The second kappa shape index (κ2) is 3.37. The first-order valence-electron chi connectivity index (χ1n) is 3.50. The van der Waals surface area contributed by atoms with Crippen LogP contribution in [0.25, 0.3) is 11.1 Å². The number of rotatable bonds is 1. The summed E-state index contributed by atoms with van der Waals surface area (Å²) in [5, 5.41) is 4.20. The van der Waals surface area contributed by atoms with Crippen molar-refractivity contribution in [2.24, 2.45) is 0 Å². The van der Waals surface area contributed by atoms with Gasteiger partial charge in [-0.3, -0.25) is 4.98 Å². The van der Waals surface area contributed by atoms with Crippen LogP contribution >= 0.6 is 27.3 Å². The van der Waals surface area contributed by atoms with Crippen molar-refractivity contribution in [2.45, 2.75) is 0 Å². The van der Waals surface area contributed by atoms with E-state index in [4.69, 9.17) is 0 Å². The summed E-state index contributed by atoms with van der Waals surface area (Å²) in [7, 11) is 0. The second-order valence-electron chi connectivity index (χ2n) is 2.37. The molecule has 0 unspecified atom stereocenters. The zero-order valence-electron chi connectivity index (χ0n) is 6.20. The number of nitrogens with zero attached hydrogens (tertiary/aromatic N) is 1. The molecule has 0 saturated carbocycles. The molecule has 0 bridgehead atoms. The summed E-state index contributed by atoms with van der Waals surface area (Å²) in [5.41, 5.74) is 2.44. The zero-order valence-corrected chi connectivity index (χ0v) is 8.60. The summed E-state index contributed by atoms with van der Waals surface area (Å²) < 4.78 is 1.04. The SMILES string of the molecule is Brc1cnccc1-c1ccsc1. The van der Waals surface area contributed by atoms with E-state index in [1.807, 2.05) is 12.3 Å². The van der Waals surface area contributed by atoms with Gasteiger partial charge in [0, 0.05) is 16.9 Å². The average molecular weight is 240 g/mol. The first kappa shape index (κ1) is 7.95. The Morgan fingerprint density at radius 2 is 2.25 bits per heavy atom. The summed E-state index contributed by atoms with van der Waals surface area (Å²) in [6.07, 6.45) is 3.62. The molecule has 0 aromatic carbocycles. The van der Waals surface area contributed by atoms with E-state index in [0.29, 0.717) is 0 Å². The quantitative estimate of drug-likeness (QED) is 0.742. The third kappa shape index (κ3) is 1.42. The number of pyridine rings is 1. The molecule has 60 valence electrons. The Morgan fingerprint density at radius 1 is 1.33 bits per heavy atom. The maximum absolute atomic E-state index is 4.01. The minimum absolute atomic E-state index is 1.04. The Hall–Kier alpha value is -0.670. The van der Waals surface area contributed by atoms with Crippen molar-refractivity contribution in [1.29, 1.82) is 0 Å². The summed E-state index contributed by atoms with van der Waals surface area (Å²) in [6.45, 7) is 0. The minimum atomic E-state index is 1.04. The fourth-order valence-corrected chi connectivity index (χ4v) is 2.16. The van der Waals surface area contributed by atoms with Gasteiger partial charge < -0.3 is 0 Å². The van der Waals surface area contributed by atoms with Gasteiger partial charge in [0.15, 0.2) is 0 Å². The van der Waals surface area contributed by atoms with E-state index in [0.717, 1.165) is 4.47 Å². The number of aromatic nitrogens is 1. The number of thiophene rings is 1. The van der Waals surface area contributed by atoms with Crippen molar-refractivity contribution >= 4 is 27.3 Å². The molecule has 3 heteroatoms. The van der Waals surface area contributed by atoms with Gasteiger partial charge >= 0.3 is 0 Å². The Morgan fingerprint density at radius 3 is 2.92 bits per heavy atom. The van der Waals surface area contributed by atoms with Crippen LogP contribution in [0.4, 0.5) is 0 Å². The lowest BCUT2D eigenvalue weighted by Crippen LogP contribution is -1.77. The van der Waals surface area contributed by atoms with Crippen molar-refractivity contribution in [3.63, 3.8) is 0 Å². The van der Waals surface area contributed by atoms with Crippen molar-refractivity contribution in [3.05, 3.63) is 39.8 Å². The van der Waals surface area contributed by atoms with Gasteiger partial charge in [-0.05, 0) is 49.9 Å². The first-order valence-corrected chi connectivity index (χ1v) is 5.23.